The average Bonchev–Trinajstić information content (AvgIpc) is 3.19. The maximum absolute atomic E-state index is 12.7. The molecule has 2 aliphatic heterocycles. The number of aromatic nitrogens is 4. The van der Waals surface area contributed by atoms with E-state index in [0.29, 0.717) is 17.5 Å². The fraction of sp³-hybridized carbons (Fsp3) is 0.529. The van der Waals surface area contributed by atoms with Gasteiger partial charge in [-0.1, -0.05) is 0 Å². The Morgan fingerprint density at radius 3 is 2.46 bits per heavy atom. The second-order valence-electron chi connectivity index (χ2n) is 6.96. The minimum Gasteiger partial charge on any atom is -0.356 e. The summed E-state index contributed by atoms with van der Waals surface area (Å²) >= 11 is 0. The van der Waals surface area contributed by atoms with E-state index < -0.39 is 0 Å². The van der Waals surface area contributed by atoms with Gasteiger partial charge in [0.25, 0.3) is 5.91 Å². The first kappa shape index (κ1) is 15.1. The predicted octanol–water partition coefficient (Wildman–Crippen LogP) is 1.04. The highest BCUT2D eigenvalue weighted by atomic mass is 16.2. The van der Waals surface area contributed by atoms with Crippen molar-refractivity contribution in [1.29, 1.82) is 0 Å². The van der Waals surface area contributed by atoms with Crippen LogP contribution in [0.2, 0.25) is 0 Å². The number of carbonyl (C=O) groups excluding carboxylic acids is 1. The third kappa shape index (κ3) is 2.44. The van der Waals surface area contributed by atoms with Crippen molar-refractivity contribution in [3.05, 3.63) is 35.5 Å². The van der Waals surface area contributed by atoms with Crippen molar-refractivity contribution in [2.24, 2.45) is 18.9 Å². The molecule has 7 heteroatoms. The smallest absolute Gasteiger partial charge is 0.272 e. The Hall–Kier alpha value is -2.44. The van der Waals surface area contributed by atoms with Crippen molar-refractivity contribution < 1.29 is 4.79 Å². The van der Waals surface area contributed by atoms with E-state index in [9.17, 15) is 4.79 Å². The van der Waals surface area contributed by atoms with Crippen LogP contribution >= 0.6 is 0 Å². The molecule has 0 spiro atoms. The monoisotopic (exact) mass is 326 g/mol. The molecule has 7 nitrogen and oxygen atoms in total. The van der Waals surface area contributed by atoms with Gasteiger partial charge in [-0.05, 0) is 19.9 Å². The van der Waals surface area contributed by atoms with Gasteiger partial charge in [0.2, 0.25) is 0 Å². The van der Waals surface area contributed by atoms with Crippen LogP contribution in [-0.4, -0.2) is 56.7 Å². The van der Waals surface area contributed by atoms with Crippen LogP contribution in [-0.2, 0) is 7.05 Å². The van der Waals surface area contributed by atoms with Crippen LogP contribution in [0, 0.1) is 25.7 Å². The molecular formula is C17H22N6O. The summed E-state index contributed by atoms with van der Waals surface area (Å²) < 4.78 is 1.68. The Morgan fingerprint density at radius 1 is 1.17 bits per heavy atom. The number of likely N-dealkylation sites (tertiary alicyclic amines) is 1. The fourth-order valence-electron chi connectivity index (χ4n) is 4.03. The molecule has 2 aliphatic rings. The molecule has 0 radical (unpaired) electrons. The number of nitrogens with zero attached hydrogens (tertiary/aromatic N) is 6. The maximum atomic E-state index is 12.7. The van der Waals surface area contributed by atoms with Crippen LogP contribution < -0.4 is 4.90 Å². The minimum absolute atomic E-state index is 0.0947. The second kappa shape index (κ2) is 5.58. The van der Waals surface area contributed by atoms with Gasteiger partial charge in [-0.25, -0.2) is 9.97 Å². The molecule has 0 N–H and O–H groups in total. The molecule has 0 aromatic carbocycles. The third-order valence-electron chi connectivity index (χ3n) is 5.16. The van der Waals surface area contributed by atoms with Gasteiger partial charge in [0, 0.05) is 56.8 Å². The maximum Gasteiger partial charge on any atom is 0.272 e. The van der Waals surface area contributed by atoms with Gasteiger partial charge in [0.15, 0.2) is 0 Å². The van der Waals surface area contributed by atoms with E-state index in [0.717, 1.165) is 43.3 Å². The highest BCUT2D eigenvalue weighted by Crippen LogP contribution is 2.34. The summed E-state index contributed by atoms with van der Waals surface area (Å²) in [5, 5.41) is 4.28. The zero-order valence-electron chi connectivity index (χ0n) is 14.3. The van der Waals surface area contributed by atoms with Crippen molar-refractivity contribution in [2.45, 2.75) is 13.8 Å². The summed E-state index contributed by atoms with van der Waals surface area (Å²) in [5.41, 5.74) is 2.66. The van der Waals surface area contributed by atoms with Crippen molar-refractivity contribution in [2.75, 3.05) is 31.1 Å². The molecular weight excluding hydrogens is 304 g/mol. The average molecular weight is 326 g/mol. The van der Waals surface area contributed by atoms with Crippen molar-refractivity contribution in [1.82, 2.24) is 24.6 Å². The summed E-state index contributed by atoms with van der Waals surface area (Å²) in [7, 11) is 1.83. The number of aryl methyl sites for hydroxylation is 3. The van der Waals surface area contributed by atoms with Gasteiger partial charge in [0.05, 0.1) is 5.69 Å². The van der Waals surface area contributed by atoms with Gasteiger partial charge < -0.3 is 9.80 Å². The number of fused-ring (bicyclic) bond motifs is 1. The lowest BCUT2D eigenvalue weighted by Crippen LogP contribution is -2.34. The van der Waals surface area contributed by atoms with E-state index in [-0.39, 0.29) is 5.91 Å². The molecule has 2 atom stereocenters. The molecule has 0 aliphatic carbocycles. The third-order valence-corrected chi connectivity index (χ3v) is 5.16. The highest BCUT2D eigenvalue weighted by Gasteiger charge is 2.42. The van der Waals surface area contributed by atoms with Gasteiger partial charge in [-0.3, -0.25) is 9.48 Å². The molecule has 4 heterocycles. The topological polar surface area (TPSA) is 67.2 Å². The molecule has 2 saturated heterocycles. The SMILES string of the molecule is Cc1cc(C(=O)N2CC3CN(c4ncncc4C)CC3C2)n(C)n1. The van der Waals surface area contributed by atoms with E-state index in [4.69, 9.17) is 0 Å². The first-order valence-corrected chi connectivity index (χ1v) is 8.34. The number of carbonyl (C=O) groups is 1. The largest absolute Gasteiger partial charge is 0.356 e. The Bertz CT molecular complexity index is 771. The summed E-state index contributed by atoms with van der Waals surface area (Å²) in [6.07, 6.45) is 3.47. The van der Waals surface area contributed by atoms with E-state index >= 15 is 0 Å². The Balaban J connectivity index is 1.46. The standard InChI is InChI=1S/C17H22N6O/c1-11-5-18-10-19-16(11)22-6-13-8-23(9-14(13)7-22)17(24)15-4-12(2)20-21(15)3/h4-5,10,13-14H,6-9H2,1-3H3. The Morgan fingerprint density at radius 2 is 1.88 bits per heavy atom. The predicted molar refractivity (Wildman–Crippen MR) is 89.8 cm³/mol. The molecule has 126 valence electrons. The van der Waals surface area contributed by atoms with Crippen LogP contribution in [0.15, 0.2) is 18.6 Å². The van der Waals surface area contributed by atoms with Crippen LogP contribution in [0.4, 0.5) is 5.82 Å². The first-order chi connectivity index (χ1) is 11.5. The van der Waals surface area contributed by atoms with E-state index in [1.165, 1.54) is 0 Å². The summed E-state index contributed by atoms with van der Waals surface area (Å²) in [6, 6.07) is 1.87. The van der Waals surface area contributed by atoms with Crippen molar-refractivity contribution in [3.63, 3.8) is 0 Å². The number of hydrogen-bond donors (Lipinski definition) is 0. The summed E-state index contributed by atoms with van der Waals surface area (Å²) in [6.45, 7) is 7.50. The van der Waals surface area contributed by atoms with Crippen LogP contribution in [0.3, 0.4) is 0 Å². The number of anilines is 1. The quantitative estimate of drug-likeness (QED) is 0.825. The molecule has 0 saturated carbocycles. The molecule has 4 rings (SSSR count). The second-order valence-corrected chi connectivity index (χ2v) is 6.96. The molecule has 24 heavy (non-hydrogen) atoms. The van der Waals surface area contributed by atoms with Crippen LogP contribution in [0.25, 0.3) is 0 Å². The molecule has 2 aromatic heterocycles. The van der Waals surface area contributed by atoms with Gasteiger partial charge in [0.1, 0.15) is 17.8 Å². The van der Waals surface area contributed by atoms with Crippen molar-refractivity contribution in [3.8, 4) is 0 Å². The Labute approximate surface area is 141 Å². The Kier molecular flexibility index (Phi) is 3.51. The van der Waals surface area contributed by atoms with E-state index in [1.54, 1.807) is 11.0 Å². The van der Waals surface area contributed by atoms with Crippen molar-refractivity contribution >= 4 is 11.7 Å². The summed E-state index contributed by atoms with van der Waals surface area (Å²) in [4.78, 5) is 25.6. The zero-order chi connectivity index (χ0) is 16.8. The fourth-order valence-corrected chi connectivity index (χ4v) is 4.03. The van der Waals surface area contributed by atoms with Crippen LogP contribution in [0.1, 0.15) is 21.7 Å². The van der Waals surface area contributed by atoms with E-state index in [2.05, 4.69) is 20.0 Å². The first-order valence-electron chi connectivity index (χ1n) is 8.34. The lowest BCUT2D eigenvalue weighted by molar-refractivity contribution is 0.0771. The lowest BCUT2D eigenvalue weighted by atomic mass is 10.0. The van der Waals surface area contributed by atoms with Gasteiger partial charge in [-0.15, -0.1) is 0 Å². The normalized spacial score (nSPS) is 23.0. The molecule has 2 aromatic rings. The van der Waals surface area contributed by atoms with E-state index in [1.807, 2.05) is 38.1 Å². The molecule has 2 unspecified atom stereocenters. The highest BCUT2D eigenvalue weighted by molar-refractivity contribution is 5.93. The zero-order valence-corrected chi connectivity index (χ0v) is 14.3. The number of amides is 1. The van der Waals surface area contributed by atoms with Gasteiger partial charge >= 0.3 is 0 Å². The number of hydrogen-bond acceptors (Lipinski definition) is 5. The van der Waals surface area contributed by atoms with Gasteiger partial charge in [-0.2, -0.15) is 5.10 Å². The molecule has 2 fully saturated rings. The van der Waals surface area contributed by atoms with Crippen LogP contribution in [0.5, 0.6) is 0 Å². The molecule has 0 bridgehead atoms. The number of rotatable bonds is 2. The lowest BCUT2D eigenvalue weighted by Gasteiger charge is -2.23. The molecule has 1 amide bonds. The summed E-state index contributed by atoms with van der Waals surface area (Å²) in [5.74, 6) is 2.15. The minimum atomic E-state index is 0.0947.